The van der Waals surface area contributed by atoms with Crippen LogP contribution < -0.4 is 10.1 Å². The zero-order valence-corrected chi connectivity index (χ0v) is 15.6. The zero-order valence-electron chi connectivity index (χ0n) is 14.0. The predicted octanol–water partition coefficient (Wildman–Crippen LogP) is 4.95. The van der Waals surface area contributed by atoms with E-state index in [1.165, 1.54) is 0 Å². The fraction of sp³-hybridized carbons (Fsp3) is 0.316. The first-order valence-electron chi connectivity index (χ1n) is 7.70. The van der Waals surface area contributed by atoms with Gasteiger partial charge in [0, 0.05) is 10.2 Å². The van der Waals surface area contributed by atoms with Crippen LogP contribution >= 0.6 is 15.9 Å². The number of nitrogens with one attached hydrogen (secondary N) is 1. The molecule has 0 aliphatic carbocycles. The van der Waals surface area contributed by atoms with Crippen molar-refractivity contribution in [3.63, 3.8) is 0 Å². The molecular weight excluding hydrogens is 354 g/mol. The third-order valence-corrected chi connectivity index (χ3v) is 4.67. The molecule has 0 saturated heterocycles. The largest absolute Gasteiger partial charge is 0.483 e. The predicted molar refractivity (Wildman–Crippen MR) is 98.3 cm³/mol. The van der Waals surface area contributed by atoms with E-state index in [0.717, 1.165) is 44.6 Å². The van der Waals surface area contributed by atoms with E-state index in [1.807, 2.05) is 51.1 Å². The van der Waals surface area contributed by atoms with Gasteiger partial charge in [-0.1, -0.05) is 41.1 Å². The Balaban J connectivity index is 2.05. The van der Waals surface area contributed by atoms with Gasteiger partial charge in [-0.05, 0) is 61.6 Å². The highest BCUT2D eigenvalue weighted by Gasteiger charge is 2.10. The minimum absolute atomic E-state index is 0.000594. The van der Waals surface area contributed by atoms with Gasteiger partial charge in [-0.2, -0.15) is 0 Å². The average molecular weight is 376 g/mol. The number of ether oxygens (including phenoxy) is 1. The van der Waals surface area contributed by atoms with Gasteiger partial charge in [0.1, 0.15) is 5.75 Å². The molecular formula is C19H22BrNO2. The molecule has 0 aromatic heterocycles. The average Bonchev–Trinajstić information content (AvgIpc) is 2.51. The monoisotopic (exact) mass is 375 g/mol. The van der Waals surface area contributed by atoms with Crippen LogP contribution in [0.1, 0.15) is 29.2 Å². The van der Waals surface area contributed by atoms with Gasteiger partial charge in [0.05, 0.1) is 0 Å². The first-order chi connectivity index (χ1) is 10.9. The fourth-order valence-corrected chi connectivity index (χ4v) is 2.89. The summed E-state index contributed by atoms with van der Waals surface area (Å²) in [5.74, 6) is 0.593. The van der Waals surface area contributed by atoms with Crippen LogP contribution in [0.25, 0.3) is 0 Å². The molecule has 0 atom stereocenters. The van der Waals surface area contributed by atoms with E-state index in [2.05, 4.69) is 28.2 Å². The third kappa shape index (κ3) is 4.35. The van der Waals surface area contributed by atoms with Gasteiger partial charge in [-0.25, -0.2) is 0 Å². The molecule has 23 heavy (non-hydrogen) atoms. The summed E-state index contributed by atoms with van der Waals surface area (Å²) in [7, 11) is 0. The van der Waals surface area contributed by atoms with Gasteiger partial charge >= 0.3 is 0 Å². The highest BCUT2D eigenvalue weighted by atomic mass is 79.9. The highest BCUT2D eigenvalue weighted by molar-refractivity contribution is 9.10. The van der Waals surface area contributed by atoms with Crippen molar-refractivity contribution in [2.75, 3.05) is 11.9 Å². The molecule has 0 aliphatic heterocycles. The van der Waals surface area contributed by atoms with E-state index >= 15 is 0 Å². The smallest absolute Gasteiger partial charge is 0.262 e. The van der Waals surface area contributed by atoms with Crippen molar-refractivity contribution in [2.24, 2.45) is 0 Å². The number of hydrogen-bond acceptors (Lipinski definition) is 2. The SMILES string of the molecule is CCc1cccc(C)c1NC(=O)COc1cc(C)c(Br)cc1C. The van der Waals surface area contributed by atoms with Crippen LogP contribution in [0.5, 0.6) is 5.75 Å². The van der Waals surface area contributed by atoms with Crippen LogP contribution in [0.3, 0.4) is 0 Å². The summed E-state index contributed by atoms with van der Waals surface area (Å²) in [6.45, 7) is 8.04. The van der Waals surface area contributed by atoms with E-state index in [4.69, 9.17) is 4.74 Å². The summed E-state index contributed by atoms with van der Waals surface area (Å²) in [6, 6.07) is 9.98. The van der Waals surface area contributed by atoms with Gasteiger partial charge in [-0.3, -0.25) is 4.79 Å². The van der Waals surface area contributed by atoms with Crippen LogP contribution in [0, 0.1) is 20.8 Å². The van der Waals surface area contributed by atoms with Crippen LogP contribution in [-0.4, -0.2) is 12.5 Å². The first kappa shape index (κ1) is 17.5. The van der Waals surface area contributed by atoms with Gasteiger partial charge in [-0.15, -0.1) is 0 Å². The molecule has 0 bridgehead atoms. The molecule has 0 saturated carbocycles. The van der Waals surface area contributed by atoms with Crippen LogP contribution in [-0.2, 0) is 11.2 Å². The lowest BCUT2D eigenvalue weighted by Gasteiger charge is -2.14. The quantitative estimate of drug-likeness (QED) is 0.802. The number of aryl methyl sites for hydroxylation is 4. The van der Waals surface area contributed by atoms with E-state index in [0.29, 0.717) is 0 Å². The van der Waals surface area contributed by atoms with Crippen LogP contribution in [0.4, 0.5) is 5.69 Å². The summed E-state index contributed by atoms with van der Waals surface area (Å²) in [6.07, 6.45) is 0.878. The maximum Gasteiger partial charge on any atom is 0.262 e. The summed E-state index contributed by atoms with van der Waals surface area (Å²) in [5.41, 5.74) is 5.17. The minimum Gasteiger partial charge on any atom is -0.483 e. The Morgan fingerprint density at radius 3 is 2.57 bits per heavy atom. The maximum absolute atomic E-state index is 12.2. The molecule has 2 aromatic rings. The van der Waals surface area contributed by atoms with Crippen molar-refractivity contribution in [3.05, 3.63) is 57.1 Å². The third-order valence-electron chi connectivity index (χ3n) is 3.82. The first-order valence-corrected chi connectivity index (χ1v) is 8.49. The Labute approximate surface area is 146 Å². The van der Waals surface area contributed by atoms with Crippen LogP contribution in [0.15, 0.2) is 34.8 Å². The molecule has 3 nitrogen and oxygen atoms in total. The minimum atomic E-state index is -0.144. The Morgan fingerprint density at radius 1 is 1.13 bits per heavy atom. The highest BCUT2D eigenvalue weighted by Crippen LogP contribution is 2.26. The molecule has 4 heteroatoms. The molecule has 2 aromatic carbocycles. The fourth-order valence-electron chi connectivity index (χ4n) is 2.43. The zero-order chi connectivity index (χ0) is 17.0. The van der Waals surface area contributed by atoms with Crippen molar-refractivity contribution in [1.29, 1.82) is 0 Å². The molecule has 1 N–H and O–H groups in total. The van der Waals surface area contributed by atoms with E-state index in [-0.39, 0.29) is 12.5 Å². The van der Waals surface area contributed by atoms with Gasteiger partial charge in [0.25, 0.3) is 5.91 Å². The van der Waals surface area contributed by atoms with Crippen molar-refractivity contribution in [3.8, 4) is 5.75 Å². The second-order valence-corrected chi connectivity index (χ2v) is 6.52. The van der Waals surface area contributed by atoms with Gasteiger partial charge < -0.3 is 10.1 Å². The molecule has 0 heterocycles. The van der Waals surface area contributed by atoms with Crippen molar-refractivity contribution in [2.45, 2.75) is 34.1 Å². The summed E-state index contributed by atoms with van der Waals surface area (Å²) >= 11 is 3.49. The molecule has 2 rings (SSSR count). The van der Waals surface area contributed by atoms with E-state index in [1.54, 1.807) is 0 Å². The Kier molecular flexibility index (Phi) is 5.83. The van der Waals surface area contributed by atoms with Gasteiger partial charge in [0.2, 0.25) is 0 Å². The lowest BCUT2D eigenvalue weighted by molar-refractivity contribution is -0.118. The number of carbonyl (C=O) groups is 1. The standard InChI is InChI=1S/C19H22BrNO2/c1-5-15-8-6-7-12(2)19(15)21-18(22)11-23-17-10-13(3)16(20)9-14(17)4/h6-10H,5,11H2,1-4H3,(H,21,22). The number of carbonyl (C=O) groups excluding carboxylic acids is 1. The van der Waals surface area contributed by atoms with Crippen molar-refractivity contribution in [1.82, 2.24) is 0 Å². The summed E-state index contributed by atoms with van der Waals surface area (Å²) < 4.78 is 6.73. The number of halogens is 1. The van der Waals surface area contributed by atoms with E-state index in [9.17, 15) is 4.79 Å². The number of rotatable bonds is 5. The molecule has 0 unspecified atom stereocenters. The number of anilines is 1. The van der Waals surface area contributed by atoms with Crippen molar-refractivity contribution < 1.29 is 9.53 Å². The number of amides is 1. The topological polar surface area (TPSA) is 38.3 Å². The molecule has 0 fully saturated rings. The number of benzene rings is 2. The van der Waals surface area contributed by atoms with E-state index < -0.39 is 0 Å². The number of hydrogen-bond donors (Lipinski definition) is 1. The summed E-state index contributed by atoms with van der Waals surface area (Å²) in [4.78, 5) is 12.2. The van der Waals surface area contributed by atoms with Crippen LogP contribution in [0.2, 0.25) is 0 Å². The maximum atomic E-state index is 12.2. The van der Waals surface area contributed by atoms with Crippen molar-refractivity contribution >= 4 is 27.5 Å². The normalized spacial score (nSPS) is 10.5. The summed E-state index contributed by atoms with van der Waals surface area (Å²) in [5, 5.41) is 2.97. The second kappa shape index (κ2) is 7.64. The Hall–Kier alpha value is -1.81. The lowest BCUT2D eigenvalue weighted by Crippen LogP contribution is -2.21. The molecule has 122 valence electrons. The second-order valence-electron chi connectivity index (χ2n) is 5.67. The molecule has 0 spiro atoms. The molecule has 1 amide bonds. The molecule has 0 aliphatic rings. The Morgan fingerprint density at radius 2 is 1.87 bits per heavy atom. The molecule has 0 radical (unpaired) electrons. The lowest BCUT2D eigenvalue weighted by atomic mass is 10.1. The van der Waals surface area contributed by atoms with Gasteiger partial charge in [0.15, 0.2) is 6.61 Å². The Bertz CT molecular complexity index is 726. The number of para-hydroxylation sites is 1.